The van der Waals surface area contributed by atoms with Gasteiger partial charge in [0.25, 0.3) is 0 Å². The molecule has 1 aliphatic heterocycles. The number of hydrogen-bond acceptors (Lipinski definition) is 4. The van der Waals surface area contributed by atoms with Crippen LogP contribution in [0.15, 0.2) is 24.3 Å². The van der Waals surface area contributed by atoms with E-state index in [4.69, 9.17) is 15.3 Å². The van der Waals surface area contributed by atoms with E-state index in [1.165, 1.54) is 18.4 Å². The van der Waals surface area contributed by atoms with Crippen molar-refractivity contribution in [1.29, 1.82) is 0 Å². The van der Waals surface area contributed by atoms with Crippen LogP contribution in [0, 0.1) is 0 Å². The topological polar surface area (TPSA) is 56.5 Å². The summed E-state index contributed by atoms with van der Waals surface area (Å²) in [5, 5.41) is 0. The van der Waals surface area contributed by atoms with Crippen LogP contribution >= 0.6 is 0 Å². The van der Waals surface area contributed by atoms with Gasteiger partial charge in [-0.25, -0.2) is 0 Å². The van der Waals surface area contributed by atoms with Gasteiger partial charge in [-0.1, -0.05) is 12.1 Å². The Morgan fingerprint density at radius 3 is 3.10 bits per heavy atom. The van der Waals surface area contributed by atoms with Gasteiger partial charge in [-0.05, 0) is 56.2 Å². The van der Waals surface area contributed by atoms with Gasteiger partial charge in [-0.3, -0.25) is 11.3 Å². The van der Waals surface area contributed by atoms with Gasteiger partial charge in [-0.2, -0.15) is 0 Å². The molecule has 0 amide bonds. The molecule has 1 aromatic rings. The first-order valence-electron chi connectivity index (χ1n) is 7.52. The van der Waals surface area contributed by atoms with E-state index in [-0.39, 0.29) is 0 Å². The summed E-state index contributed by atoms with van der Waals surface area (Å²) < 4.78 is 10.9. The first-order chi connectivity index (χ1) is 9.81. The highest BCUT2D eigenvalue weighted by molar-refractivity contribution is 5.28. The van der Waals surface area contributed by atoms with E-state index in [1.54, 1.807) is 7.11 Å². The third-order valence-electron chi connectivity index (χ3n) is 3.95. The number of hydrogen-bond donors (Lipinski definition) is 2. The summed E-state index contributed by atoms with van der Waals surface area (Å²) >= 11 is 0. The molecule has 0 bridgehead atoms. The number of hydrazine groups is 1. The van der Waals surface area contributed by atoms with Gasteiger partial charge in [0.2, 0.25) is 0 Å². The van der Waals surface area contributed by atoms with Crippen LogP contribution in [-0.2, 0) is 11.2 Å². The highest BCUT2D eigenvalue weighted by atomic mass is 16.5. The fourth-order valence-corrected chi connectivity index (χ4v) is 2.79. The van der Waals surface area contributed by atoms with E-state index in [0.29, 0.717) is 12.1 Å². The number of rotatable bonds is 8. The lowest BCUT2D eigenvalue weighted by atomic mass is 9.99. The molecule has 1 aliphatic rings. The molecule has 0 spiro atoms. The first-order valence-corrected chi connectivity index (χ1v) is 7.52. The maximum Gasteiger partial charge on any atom is 0.119 e. The molecule has 1 aromatic carbocycles. The monoisotopic (exact) mass is 278 g/mol. The predicted molar refractivity (Wildman–Crippen MR) is 80.6 cm³/mol. The summed E-state index contributed by atoms with van der Waals surface area (Å²) in [6.07, 6.45) is 7.22. The summed E-state index contributed by atoms with van der Waals surface area (Å²) in [6.45, 7) is 0.938. The van der Waals surface area contributed by atoms with E-state index in [0.717, 1.165) is 38.0 Å². The average molecular weight is 278 g/mol. The second kappa shape index (κ2) is 8.25. The van der Waals surface area contributed by atoms with Crippen molar-refractivity contribution >= 4 is 0 Å². The smallest absolute Gasteiger partial charge is 0.119 e. The Hall–Kier alpha value is -1.10. The Morgan fingerprint density at radius 2 is 2.40 bits per heavy atom. The SMILES string of the molecule is COc1cccc(CC(CCCC2CCCO2)NN)c1. The fourth-order valence-electron chi connectivity index (χ4n) is 2.79. The first kappa shape index (κ1) is 15.3. The van der Waals surface area contributed by atoms with Gasteiger partial charge in [0.15, 0.2) is 0 Å². The molecule has 0 aliphatic carbocycles. The van der Waals surface area contributed by atoms with E-state index in [1.807, 2.05) is 12.1 Å². The summed E-state index contributed by atoms with van der Waals surface area (Å²) in [4.78, 5) is 0. The van der Waals surface area contributed by atoms with Crippen molar-refractivity contribution in [3.63, 3.8) is 0 Å². The molecule has 0 saturated carbocycles. The van der Waals surface area contributed by atoms with Crippen LogP contribution in [0.4, 0.5) is 0 Å². The van der Waals surface area contributed by atoms with Gasteiger partial charge >= 0.3 is 0 Å². The normalized spacial score (nSPS) is 20.0. The summed E-state index contributed by atoms with van der Waals surface area (Å²) in [6, 6.07) is 8.49. The maximum absolute atomic E-state index is 5.67. The molecule has 0 aromatic heterocycles. The van der Waals surface area contributed by atoms with Gasteiger partial charge in [0, 0.05) is 12.6 Å². The number of nitrogens with one attached hydrogen (secondary N) is 1. The molecule has 20 heavy (non-hydrogen) atoms. The van der Waals surface area contributed by atoms with Crippen LogP contribution in [0.2, 0.25) is 0 Å². The second-order valence-electron chi connectivity index (χ2n) is 5.49. The van der Waals surface area contributed by atoms with E-state index in [9.17, 15) is 0 Å². The third-order valence-corrected chi connectivity index (χ3v) is 3.95. The standard InChI is InChI=1S/C16H26N2O2/c1-19-16-8-2-5-13(12-16)11-14(18-17)6-3-7-15-9-4-10-20-15/h2,5,8,12,14-15,18H,3-4,6-7,9-11,17H2,1H3. The van der Waals surface area contributed by atoms with E-state index in [2.05, 4.69) is 17.6 Å². The number of methoxy groups -OCH3 is 1. The van der Waals surface area contributed by atoms with Crippen LogP contribution in [0.3, 0.4) is 0 Å². The summed E-state index contributed by atoms with van der Waals surface area (Å²) in [5.41, 5.74) is 4.19. The minimum absolute atomic E-state index is 0.309. The van der Waals surface area contributed by atoms with Crippen molar-refractivity contribution in [2.24, 2.45) is 5.84 Å². The van der Waals surface area contributed by atoms with Crippen LogP contribution in [0.1, 0.15) is 37.7 Å². The molecule has 4 nitrogen and oxygen atoms in total. The Balaban J connectivity index is 1.75. The Bertz CT molecular complexity index is 392. The molecule has 2 atom stereocenters. The van der Waals surface area contributed by atoms with Crippen molar-refractivity contribution in [2.45, 2.75) is 50.7 Å². The fraction of sp³-hybridized carbons (Fsp3) is 0.625. The lowest BCUT2D eigenvalue weighted by Crippen LogP contribution is -2.36. The van der Waals surface area contributed by atoms with Crippen LogP contribution < -0.4 is 16.0 Å². The number of benzene rings is 1. The Kier molecular flexibility index (Phi) is 6.30. The second-order valence-corrected chi connectivity index (χ2v) is 5.49. The van der Waals surface area contributed by atoms with Gasteiger partial charge in [0.1, 0.15) is 5.75 Å². The lowest BCUT2D eigenvalue weighted by molar-refractivity contribution is 0.101. The Labute approximate surface area is 121 Å². The lowest BCUT2D eigenvalue weighted by Gasteiger charge is -2.17. The molecule has 0 radical (unpaired) electrons. The molecule has 112 valence electrons. The van der Waals surface area contributed by atoms with Crippen molar-refractivity contribution in [2.75, 3.05) is 13.7 Å². The van der Waals surface area contributed by atoms with E-state index >= 15 is 0 Å². The molecule has 1 saturated heterocycles. The largest absolute Gasteiger partial charge is 0.497 e. The molecular weight excluding hydrogens is 252 g/mol. The molecule has 1 heterocycles. The van der Waals surface area contributed by atoms with Crippen LogP contribution in [0.5, 0.6) is 5.75 Å². The molecule has 2 rings (SSSR count). The van der Waals surface area contributed by atoms with Crippen molar-refractivity contribution in [1.82, 2.24) is 5.43 Å². The molecular formula is C16H26N2O2. The zero-order chi connectivity index (χ0) is 14.2. The van der Waals surface area contributed by atoms with Crippen molar-refractivity contribution < 1.29 is 9.47 Å². The minimum Gasteiger partial charge on any atom is -0.497 e. The highest BCUT2D eigenvalue weighted by Crippen LogP contribution is 2.19. The molecule has 1 fully saturated rings. The summed E-state index contributed by atoms with van der Waals surface area (Å²) in [7, 11) is 1.69. The Morgan fingerprint density at radius 1 is 1.50 bits per heavy atom. The van der Waals surface area contributed by atoms with Gasteiger partial charge in [0.05, 0.1) is 13.2 Å². The highest BCUT2D eigenvalue weighted by Gasteiger charge is 2.16. The van der Waals surface area contributed by atoms with Gasteiger partial charge in [-0.15, -0.1) is 0 Å². The zero-order valence-electron chi connectivity index (χ0n) is 12.3. The number of nitrogens with two attached hydrogens (primary N) is 1. The predicted octanol–water partition coefficient (Wildman–Crippen LogP) is 2.42. The zero-order valence-corrected chi connectivity index (χ0v) is 12.3. The third kappa shape index (κ3) is 4.78. The van der Waals surface area contributed by atoms with Gasteiger partial charge < -0.3 is 9.47 Å². The molecule has 3 N–H and O–H groups in total. The minimum atomic E-state index is 0.309. The molecule has 4 heteroatoms. The van der Waals surface area contributed by atoms with Crippen molar-refractivity contribution in [3.8, 4) is 5.75 Å². The van der Waals surface area contributed by atoms with Crippen molar-refractivity contribution in [3.05, 3.63) is 29.8 Å². The van der Waals surface area contributed by atoms with Crippen LogP contribution in [0.25, 0.3) is 0 Å². The average Bonchev–Trinajstić information content (AvgIpc) is 2.99. The number of ether oxygens (including phenoxy) is 2. The maximum atomic E-state index is 5.67. The van der Waals surface area contributed by atoms with Crippen LogP contribution in [-0.4, -0.2) is 25.9 Å². The quantitative estimate of drug-likeness (QED) is 0.566. The van der Waals surface area contributed by atoms with E-state index < -0.39 is 0 Å². The molecule has 2 unspecified atom stereocenters. The summed E-state index contributed by atoms with van der Waals surface area (Å²) in [5.74, 6) is 6.57.